The van der Waals surface area contributed by atoms with Crippen LogP contribution in [0, 0.1) is 18.2 Å². The molecule has 0 heterocycles. The Morgan fingerprint density at radius 3 is 2.53 bits per heavy atom. The molecule has 0 spiro atoms. The second-order valence-corrected chi connectivity index (χ2v) is 5.23. The number of benzene rings is 1. The van der Waals surface area contributed by atoms with Crippen LogP contribution >= 0.6 is 0 Å². The second-order valence-electron chi connectivity index (χ2n) is 5.23. The van der Waals surface area contributed by atoms with Crippen LogP contribution in [-0.2, 0) is 16.1 Å². The van der Waals surface area contributed by atoms with Crippen LogP contribution in [-0.4, -0.2) is 17.0 Å². The molecule has 0 bridgehead atoms. The summed E-state index contributed by atoms with van der Waals surface area (Å²) in [5.41, 5.74) is 0.195. The van der Waals surface area contributed by atoms with Crippen LogP contribution in [0.1, 0.15) is 31.4 Å². The maximum absolute atomic E-state index is 13.1. The average molecular weight is 267 g/mol. The number of halogens is 1. The van der Waals surface area contributed by atoms with Gasteiger partial charge in [-0.05, 0) is 38.0 Å². The molecule has 0 unspecified atom stereocenters. The van der Waals surface area contributed by atoms with Gasteiger partial charge in [-0.15, -0.1) is 0 Å². The summed E-state index contributed by atoms with van der Waals surface area (Å²) in [6.45, 7) is 4.90. The molecule has 1 aromatic carbocycles. The van der Waals surface area contributed by atoms with E-state index >= 15 is 0 Å². The number of carbonyl (C=O) groups is 2. The Labute approximate surface area is 111 Å². The fourth-order valence-corrected chi connectivity index (χ4v) is 1.56. The van der Waals surface area contributed by atoms with Crippen molar-refractivity contribution in [2.45, 2.75) is 33.7 Å². The first-order valence-corrected chi connectivity index (χ1v) is 5.97. The van der Waals surface area contributed by atoms with E-state index in [1.807, 2.05) is 0 Å². The zero-order chi connectivity index (χ0) is 14.6. The molecule has 1 aromatic rings. The van der Waals surface area contributed by atoms with Crippen molar-refractivity contribution in [3.05, 3.63) is 35.1 Å². The van der Waals surface area contributed by atoms with Crippen LogP contribution < -0.4 is 5.32 Å². The lowest BCUT2D eigenvalue weighted by atomic mass is 9.89. The van der Waals surface area contributed by atoms with Gasteiger partial charge >= 0.3 is 5.97 Å². The van der Waals surface area contributed by atoms with Gasteiger partial charge in [0.25, 0.3) is 0 Å². The number of carboxylic acid groups (broad SMARTS) is 1. The van der Waals surface area contributed by atoms with E-state index in [0.29, 0.717) is 5.56 Å². The highest BCUT2D eigenvalue weighted by Gasteiger charge is 2.29. The van der Waals surface area contributed by atoms with Crippen LogP contribution in [0.2, 0.25) is 0 Å². The first kappa shape index (κ1) is 15.1. The lowest BCUT2D eigenvalue weighted by Crippen LogP contribution is -2.33. The summed E-state index contributed by atoms with van der Waals surface area (Å²) < 4.78 is 13.1. The van der Waals surface area contributed by atoms with Gasteiger partial charge in [0.1, 0.15) is 5.82 Å². The van der Waals surface area contributed by atoms with Crippen molar-refractivity contribution in [2.24, 2.45) is 5.41 Å². The maximum atomic E-state index is 13.1. The largest absolute Gasteiger partial charge is 0.481 e. The Morgan fingerprint density at radius 2 is 2.00 bits per heavy atom. The number of hydrogen-bond acceptors (Lipinski definition) is 2. The molecule has 0 fully saturated rings. The third-order valence-corrected chi connectivity index (χ3v) is 2.89. The van der Waals surface area contributed by atoms with Crippen molar-refractivity contribution < 1.29 is 19.1 Å². The van der Waals surface area contributed by atoms with Crippen LogP contribution in [0.4, 0.5) is 4.39 Å². The monoisotopic (exact) mass is 267 g/mol. The van der Waals surface area contributed by atoms with Crippen molar-refractivity contribution in [3.8, 4) is 0 Å². The van der Waals surface area contributed by atoms with E-state index in [1.54, 1.807) is 19.1 Å². The van der Waals surface area contributed by atoms with Crippen molar-refractivity contribution >= 4 is 11.9 Å². The molecule has 2 N–H and O–H groups in total. The minimum atomic E-state index is -1.09. The van der Waals surface area contributed by atoms with E-state index < -0.39 is 11.4 Å². The van der Waals surface area contributed by atoms with Gasteiger partial charge < -0.3 is 10.4 Å². The molecule has 0 aromatic heterocycles. The number of hydrogen-bond donors (Lipinski definition) is 2. The molecular formula is C14H18FNO3. The third-order valence-electron chi connectivity index (χ3n) is 2.89. The van der Waals surface area contributed by atoms with Crippen molar-refractivity contribution in [3.63, 3.8) is 0 Å². The van der Waals surface area contributed by atoms with E-state index in [2.05, 4.69) is 5.32 Å². The summed E-state index contributed by atoms with van der Waals surface area (Å²) in [5.74, 6) is -1.64. The number of aryl methyl sites for hydroxylation is 1. The Bertz CT molecular complexity index is 497. The van der Waals surface area contributed by atoms with E-state index in [1.165, 1.54) is 19.9 Å². The molecule has 1 amide bonds. The predicted molar refractivity (Wildman–Crippen MR) is 69.0 cm³/mol. The van der Waals surface area contributed by atoms with Crippen LogP contribution in [0.3, 0.4) is 0 Å². The highest BCUT2D eigenvalue weighted by Crippen LogP contribution is 2.20. The zero-order valence-corrected chi connectivity index (χ0v) is 11.3. The van der Waals surface area contributed by atoms with E-state index in [9.17, 15) is 14.0 Å². The minimum absolute atomic E-state index is 0.0947. The topological polar surface area (TPSA) is 66.4 Å². The zero-order valence-electron chi connectivity index (χ0n) is 11.3. The van der Waals surface area contributed by atoms with E-state index in [4.69, 9.17) is 5.11 Å². The van der Waals surface area contributed by atoms with Crippen molar-refractivity contribution in [1.82, 2.24) is 5.32 Å². The summed E-state index contributed by atoms with van der Waals surface area (Å²) in [5, 5.41) is 11.6. The van der Waals surface area contributed by atoms with Crippen LogP contribution in [0.25, 0.3) is 0 Å². The molecule has 0 aliphatic rings. The quantitative estimate of drug-likeness (QED) is 0.860. The summed E-state index contributed by atoms with van der Waals surface area (Å²) in [6.07, 6.45) is -0.0947. The molecule has 0 saturated carbocycles. The average Bonchev–Trinajstić information content (AvgIpc) is 2.30. The van der Waals surface area contributed by atoms with E-state index in [0.717, 1.165) is 5.56 Å². The number of aliphatic carboxylic acids is 1. The first-order chi connectivity index (χ1) is 8.72. The number of carbonyl (C=O) groups excluding carboxylic acids is 1. The lowest BCUT2D eigenvalue weighted by molar-refractivity contribution is -0.149. The van der Waals surface area contributed by atoms with Crippen LogP contribution in [0.5, 0.6) is 0 Å². The number of amides is 1. The second kappa shape index (κ2) is 5.82. The van der Waals surface area contributed by atoms with Crippen LogP contribution in [0.15, 0.2) is 18.2 Å². The smallest absolute Gasteiger partial charge is 0.309 e. The Morgan fingerprint density at radius 1 is 1.37 bits per heavy atom. The summed E-state index contributed by atoms with van der Waals surface area (Å²) >= 11 is 0. The fourth-order valence-electron chi connectivity index (χ4n) is 1.56. The number of rotatable bonds is 5. The molecule has 0 aliphatic heterocycles. The molecule has 4 nitrogen and oxygen atoms in total. The first-order valence-electron chi connectivity index (χ1n) is 5.97. The fraction of sp³-hybridized carbons (Fsp3) is 0.429. The van der Waals surface area contributed by atoms with Crippen molar-refractivity contribution in [2.75, 3.05) is 0 Å². The van der Waals surface area contributed by atoms with Gasteiger partial charge in [0.05, 0.1) is 5.41 Å². The molecule has 0 radical (unpaired) electrons. The molecule has 0 aliphatic carbocycles. The van der Waals surface area contributed by atoms with Gasteiger partial charge in [0, 0.05) is 13.0 Å². The normalized spacial score (nSPS) is 11.2. The van der Waals surface area contributed by atoms with E-state index in [-0.39, 0.29) is 24.7 Å². The standard InChI is InChI=1S/C14H18FNO3/c1-9-6-10(4-5-11(9)15)8-16-12(17)7-14(2,3)13(18)19/h4-6H,7-8H2,1-3H3,(H,16,17)(H,18,19). The number of nitrogens with one attached hydrogen (secondary N) is 1. The van der Waals surface area contributed by atoms with Gasteiger partial charge in [0.15, 0.2) is 0 Å². The highest BCUT2D eigenvalue weighted by atomic mass is 19.1. The third kappa shape index (κ3) is 4.35. The minimum Gasteiger partial charge on any atom is -0.481 e. The molecule has 0 atom stereocenters. The Hall–Kier alpha value is -1.91. The molecule has 0 saturated heterocycles. The summed E-state index contributed by atoms with van der Waals surface area (Å²) in [4.78, 5) is 22.5. The molecular weight excluding hydrogens is 249 g/mol. The maximum Gasteiger partial charge on any atom is 0.309 e. The predicted octanol–water partition coefficient (Wildman–Crippen LogP) is 2.25. The van der Waals surface area contributed by atoms with Gasteiger partial charge in [-0.2, -0.15) is 0 Å². The van der Waals surface area contributed by atoms with Gasteiger partial charge in [-0.1, -0.05) is 12.1 Å². The lowest BCUT2D eigenvalue weighted by Gasteiger charge is -2.18. The van der Waals surface area contributed by atoms with Crippen molar-refractivity contribution in [1.29, 1.82) is 0 Å². The van der Waals surface area contributed by atoms with Gasteiger partial charge in [-0.3, -0.25) is 9.59 Å². The van der Waals surface area contributed by atoms with Gasteiger partial charge in [-0.25, -0.2) is 4.39 Å². The Balaban J connectivity index is 2.55. The highest BCUT2D eigenvalue weighted by molar-refractivity contribution is 5.84. The number of carboxylic acids is 1. The molecule has 1 rings (SSSR count). The molecule has 104 valence electrons. The summed E-state index contributed by atoms with van der Waals surface area (Å²) in [7, 11) is 0. The Kier molecular flexibility index (Phi) is 4.64. The van der Waals surface area contributed by atoms with Gasteiger partial charge in [0.2, 0.25) is 5.91 Å². The SMILES string of the molecule is Cc1cc(CNC(=O)CC(C)(C)C(=O)O)ccc1F. The molecule has 5 heteroatoms. The summed E-state index contributed by atoms with van der Waals surface area (Å²) in [6, 6.07) is 4.58. The molecule has 19 heavy (non-hydrogen) atoms.